The van der Waals surface area contributed by atoms with E-state index in [1.54, 1.807) is 0 Å². The Kier molecular flexibility index (Phi) is 5.03. The number of nitrogens with one attached hydrogen (secondary N) is 1. The first-order valence-corrected chi connectivity index (χ1v) is 6.24. The maximum Gasteiger partial charge on any atom is 0.220 e. The highest BCUT2D eigenvalue weighted by molar-refractivity contribution is 5.77. The summed E-state index contributed by atoms with van der Waals surface area (Å²) in [7, 11) is 0. The van der Waals surface area contributed by atoms with Gasteiger partial charge in [-0.1, -0.05) is 34.6 Å². The monoisotopic (exact) mass is 227 g/mol. The van der Waals surface area contributed by atoms with E-state index in [2.05, 4.69) is 39.9 Å². The maximum atomic E-state index is 11.9. The zero-order chi connectivity index (χ0) is 13.1. The summed E-state index contributed by atoms with van der Waals surface area (Å²) in [5.41, 5.74) is 0.0554. The Morgan fingerprint density at radius 1 is 1.06 bits per heavy atom. The van der Waals surface area contributed by atoms with E-state index in [0.717, 1.165) is 0 Å². The van der Waals surface area contributed by atoms with Gasteiger partial charge in [-0.05, 0) is 38.0 Å². The molecule has 0 aliphatic carbocycles. The lowest BCUT2D eigenvalue weighted by Crippen LogP contribution is -2.43. The smallest absolute Gasteiger partial charge is 0.220 e. The van der Waals surface area contributed by atoms with Crippen molar-refractivity contribution in [1.29, 1.82) is 0 Å². The molecule has 0 heterocycles. The molecule has 0 aromatic rings. The second-order valence-electron chi connectivity index (χ2n) is 7.22. The summed E-state index contributed by atoms with van der Waals surface area (Å²) < 4.78 is 0. The summed E-state index contributed by atoms with van der Waals surface area (Å²) in [5.74, 6) is 1.13. The Hall–Kier alpha value is -0.530. The van der Waals surface area contributed by atoms with Crippen LogP contribution in [0.5, 0.6) is 0 Å². The predicted octanol–water partition coefficient (Wildman–Crippen LogP) is 3.61. The fourth-order valence-electron chi connectivity index (χ4n) is 2.21. The largest absolute Gasteiger partial charge is 0.352 e. The van der Waals surface area contributed by atoms with Gasteiger partial charge < -0.3 is 5.32 Å². The molecule has 96 valence electrons. The van der Waals surface area contributed by atoms with Gasteiger partial charge in [0.25, 0.3) is 0 Å². The van der Waals surface area contributed by atoms with E-state index in [1.807, 2.05) is 20.8 Å². The van der Waals surface area contributed by atoms with Crippen LogP contribution >= 0.6 is 0 Å². The predicted molar refractivity (Wildman–Crippen MR) is 70.3 cm³/mol. The Morgan fingerprint density at radius 2 is 1.50 bits per heavy atom. The van der Waals surface area contributed by atoms with Gasteiger partial charge in [0.1, 0.15) is 0 Å². The minimum atomic E-state index is -0.128. The molecule has 0 aromatic carbocycles. The number of amides is 1. The number of hydrogen-bond acceptors (Lipinski definition) is 1. The van der Waals surface area contributed by atoms with Gasteiger partial charge in [-0.3, -0.25) is 4.79 Å². The number of hydrogen-bond donors (Lipinski definition) is 1. The molecule has 0 radical (unpaired) electrons. The second kappa shape index (κ2) is 5.20. The van der Waals surface area contributed by atoms with Crippen molar-refractivity contribution >= 4 is 5.91 Å². The van der Waals surface area contributed by atoms with Crippen molar-refractivity contribution in [3.63, 3.8) is 0 Å². The van der Waals surface area contributed by atoms with Crippen molar-refractivity contribution < 1.29 is 4.79 Å². The van der Waals surface area contributed by atoms with Crippen molar-refractivity contribution in [2.45, 2.75) is 67.3 Å². The van der Waals surface area contributed by atoms with Crippen molar-refractivity contribution in [3.8, 4) is 0 Å². The van der Waals surface area contributed by atoms with E-state index < -0.39 is 0 Å². The summed E-state index contributed by atoms with van der Waals surface area (Å²) in [6, 6.07) is 0. The third-order valence-corrected chi connectivity index (χ3v) is 2.84. The zero-order valence-electron chi connectivity index (χ0n) is 12.3. The summed E-state index contributed by atoms with van der Waals surface area (Å²) in [5, 5.41) is 3.04. The summed E-state index contributed by atoms with van der Waals surface area (Å²) in [6.45, 7) is 17.1. The van der Waals surface area contributed by atoms with Crippen molar-refractivity contribution in [2.75, 3.05) is 0 Å². The van der Waals surface area contributed by atoms with Gasteiger partial charge in [-0.2, -0.15) is 0 Å². The van der Waals surface area contributed by atoms with E-state index in [0.29, 0.717) is 18.3 Å². The average Bonchev–Trinajstić information content (AvgIpc) is 1.93. The summed E-state index contributed by atoms with van der Waals surface area (Å²) >= 11 is 0. The van der Waals surface area contributed by atoms with Crippen LogP contribution in [0, 0.1) is 17.3 Å². The minimum absolute atomic E-state index is 0.128. The summed E-state index contributed by atoms with van der Waals surface area (Å²) in [6.07, 6.45) is 0.623. The molecular formula is C14H29NO. The van der Waals surface area contributed by atoms with Gasteiger partial charge in [0.15, 0.2) is 0 Å². The molecule has 1 N–H and O–H groups in total. The van der Waals surface area contributed by atoms with E-state index in [1.165, 1.54) is 0 Å². The molecule has 0 aliphatic rings. The quantitative estimate of drug-likeness (QED) is 0.784. The van der Waals surface area contributed by atoms with Crippen molar-refractivity contribution in [1.82, 2.24) is 5.32 Å². The molecule has 16 heavy (non-hydrogen) atoms. The van der Waals surface area contributed by atoms with Crippen molar-refractivity contribution in [2.24, 2.45) is 17.3 Å². The highest BCUT2D eigenvalue weighted by atomic mass is 16.1. The first-order chi connectivity index (χ1) is 6.93. The maximum absolute atomic E-state index is 11.9. The van der Waals surface area contributed by atoms with Crippen LogP contribution in [0.1, 0.15) is 61.8 Å². The van der Waals surface area contributed by atoms with Crippen LogP contribution in [0.2, 0.25) is 0 Å². The molecular weight excluding hydrogens is 198 g/mol. The standard InChI is InChI=1S/C14H29NO/c1-10(2)11(13(3,4)5)9-12(16)15-14(6,7)8/h10-11H,9H2,1-8H3,(H,15,16). The van der Waals surface area contributed by atoms with Gasteiger partial charge in [0.05, 0.1) is 0 Å². The third-order valence-electron chi connectivity index (χ3n) is 2.84. The van der Waals surface area contributed by atoms with E-state index in [-0.39, 0.29) is 16.9 Å². The molecule has 0 spiro atoms. The Bertz CT molecular complexity index is 230. The summed E-state index contributed by atoms with van der Waals surface area (Å²) in [4.78, 5) is 11.9. The Morgan fingerprint density at radius 3 is 1.75 bits per heavy atom. The van der Waals surface area contributed by atoms with Crippen molar-refractivity contribution in [3.05, 3.63) is 0 Å². The van der Waals surface area contributed by atoms with E-state index in [9.17, 15) is 4.79 Å². The first kappa shape index (κ1) is 15.5. The highest BCUT2D eigenvalue weighted by Gasteiger charge is 2.30. The lowest BCUT2D eigenvalue weighted by Gasteiger charge is -2.34. The van der Waals surface area contributed by atoms with Gasteiger partial charge in [-0.25, -0.2) is 0 Å². The molecule has 0 bridgehead atoms. The van der Waals surface area contributed by atoms with Crippen LogP contribution in [0.15, 0.2) is 0 Å². The molecule has 1 atom stereocenters. The van der Waals surface area contributed by atoms with Crippen LogP contribution in [0.4, 0.5) is 0 Å². The Labute approximate surface area is 101 Å². The molecule has 0 saturated heterocycles. The molecule has 0 fully saturated rings. The SMILES string of the molecule is CC(C)C(CC(=O)NC(C)(C)C)C(C)(C)C. The lowest BCUT2D eigenvalue weighted by molar-refractivity contribution is -0.124. The molecule has 2 heteroatoms. The molecule has 1 unspecified atom stereocenters. The van der Waals surface area contributed by atoms with E-state index in [4.69, 9.17) is 0 Å². The molecule has 0 rings (SSSR count). The van der Waals surface area contributed by atoms with Gasteiger partial charge >= 0.3 is 0 Å². The first-order valence-electron chi connectivity index (χ1n) is 6.24. The fraction of sp³-hybridized carbons (Fsp3) is 0.929. The topological polar surface area (TPSA) is 29.1 Å². The lowest BCUT2D eigenvalue weighted by atomic mass is 9.72. The fourth-order valence-corrected chi connectivity index (χ4v) is 2.21. The zero-order valence-corrected chi connectivity index (χ0v) is 12.3. The number of rotatable bonds is 3. The van der Waals surface area contributed by atoms with E-state index >= 15 is 0 Å². The van der Waals surface area contributed by atoms with Gasteiger partial charge in [0, 0.05) is 12.0 Å². The van der Waals surface area contributed by atoms with Crippen LogP contribution < -0.4 is 5.32 Å². The molecule has 1 amide bonds. The van der Waals surface area contributed by atoms with Gasteiger partial charge in [0.2, 0.25) is 5.91 Å². The number of carbonyl (C=O) groups is 1. The normalized spacial score (nSPS) is 15.1. The van der Waals surface area contributed by atoms with Crippen LogP contribution in [0.3, 0.4) is 0 Å². The average molecular weight is 227 g/mol. The van der Waals surface area contributed by atoms with Crippen LogP contribution in [-0.2, 0) is 4.79 Å². The van der Waals surface area contributed by atoms with Gasteiger partial charge in [-0.15, -0.1) is 0 Å². The highest BCUT2D eigenvalue weighted by Crippen LogP contribution is 2.34. The molecule has 0 saturated carbocycles. The van der Waals surface area contributed by atoms with Crippen LogP contribution in [0.25, 0.3) is 0 Å². The number of carbonyl (C=O) groups excluding carboxylic acids is 1. The Balaban J connectivity index is 4.49. The molecule has 2 nitrogen and oxygen atoms in total. The minimum Gasteiger partial charge on any atom is -0.352 e. The molecule has 0 aromatic heterocycles. The third kappa shape index (κ3) is 6.14. The molecule has 0 aliphatic heterocycles. The van der Waals surface area contributed by atoms with Crippen LogP contribution in [-0.4, -0.2) is 11.4 Å². The second-order valence-corrected chi connectivity index (χ2v) is 7.22.